The number of nitrogens with zero attached hydrogens (tertiary/aromatic N) is 4. The highest BCUT2D eigenvalue weighted by molar-refractivity contribution is 7.07. The number of aromatic nitrogens is 2. The summed E-state index contributed by atoms with van der Waals surface area (Å²) in [4.78, 5) is 31.9. The zero-order valence-electron chi connectivity index (χ0n) is 13.5. The Hall–Kier alpha value is -1.54. The smallest absolute Gasteiger partial charge is 0.320 e. The van der Waals surface area contributed by atoms with Crippen molar-refractivity contribution in [2.45, 2.75) is 33.3 Å². The molecular formula is C14H22N4O3S. The van der Waals surface area contributed by atoms with Gasteiger partial charge in [0.25, 0.3) is 5.91 Å². The van der Waals surface area contributed by atoms with Crippen LogP contribution in [0.15, 0.2) is 0 Å². The number of aryl methyl sites for hydroxylation is 1. The summed E-state index contributed by atoms with van der Waals surface area (Å²) in [6.07, 6.45) is 0. The number of hydrogen-bond donors (Lipinski definition) is 0. The third kappa shape index (κ3) is 4.74. The Balaban J connectivity index is 1.80. The summed E-state index contributed by atoms with van der Waals surface area (Å²) in [5, 5.41) is 0.429. The lowest BCUT2D eigenvalue weighted by molar-refractivity contribution is -0.156. The first-order valence-electron chi connectivity index (χ1n) is 7.28. The maximum absolute atomic E-state index is 12.3. The molecule has 0 bridgehead atoms. The number of carbonyl (C=O) groups excluding carboxylic acids is 2. The van der Waals surface area contributed by atoms with Crippen LogP contribution in [0.5, 0.6) is 0 Å². The molecule has 122 valence electrons. The molecule has 0 radical (unpaired) electrons. The third-order valence-electron chi connectivity index (χ3n) is 3.14. The van der Waals surface area contributed by atoms with E-state index in [1.165, 1.54) is 0 Å². The lowest BCUT2D eigenvalue weighted by Crippen LogP contribution is -2.50. The van der Waals surface area contributed by atoms with E-state index in [2.05, 4.69) is 9.36 Å². The molecule has 0 saturated carbocycles. The molecule has 1 saturated heterocycles. The van der Waals surface area contributed by atoms with Crippen molar-refractivity contribution in [2.24, 2.45) is 0 Å². The van der Waals surface area contributed by atoms with Crippen LogP contribution in [0.3, 0.4) is 0 Å². The topological polar surface area (TPSA) is 75.6 Å². The quantitative estimate of drug-likeness (QED) is 0.770. The molecule has 0 atom stereocenters. The predicted molar refractivity (Wildman–Crippen MR) is 82.8 cm³/mol. The van der Waals surface area contributed by atoms with E-state index < -0.39 is 5.60 Å². The van der Waals surface area contributed by atoms with Crippen molar-refractivity contribution < 1.29 is 14.3 Å². The minimum atomic E-state index is -0.468. The average molecular weight is 326 g/mol. The van der Waals surface area contributed by atoms with Gasteiger partial charge in [-0.05, 0) is 39.2 Å². The number of amides is 1. The van der Waals surface area contributed by atoms with E-state index in [0.29, 0.717) is 37.0 Å². The van der Waals surface area contributed by atoms with Crippen LogP contribution in [0.4, 0.5) is 0 Å². The van der Waals surface area contributed by atoms with Crippen LogP contribution in [0, 0.1) is 6.92 Å². The molecular weight excluding hydrogens is 304 g/mol. The second kappa shape index (κ2) is 6.70. The van der Waals surface area contributed by atoms with Gasteiger partial charge in [0, 0.05) is 26.2 Å². The van der Waals surface area contributed by atoms with E-state index in [9.17, 15) is 9.59 Å². The van der Waals surface area contributed by atoms with Gasteiger partial charge in [0.15, 0.2) is 0 Å². The monoisotopic (exact) mass is 326 g/mol. The summed E-state index contributed by atoms with van der Waals surface area (Å²) in [7, 11) is 0. The molecule has 1 aliphatic heterocycles. The fraction of sp³-hybridized carbons (Fsp3) is 0.714. The van der Waals surface area contributed by atoms with Crippen LogP contribution >= 0.6 is 11.5 Å². The molecule has 0 aromatic carbocycles. The van der Waals surface area contributed by atoms with Crippen LogP contribution < -0.4 is 0 Å². The number of piperazine rings is 1. The van der Waals surface area contributed by atoms with Gasteiger partial charge in [-0.15, -0.1) is 0 Å². The van der Waals surface area contributed by atoms with Gasteiger partial charge in [-0.25, -0.2) is 4.98 Å². The highest BCUT2D eigenvalue weighted by Gasteiger charge is 2.26. The first-order valence-corrected chi connectivity index (χ1v) is 8.06. The fourth-order valence-electron chi connectivity index (χ4n) is 2.18. The summed E-state index contributed by atoms with van der Waals surface area (Å²) < 4.78 is 9.34. The van der Waals surface area contributed by atoms with Gasteiger partial charge in [-0.3, -0.25) is 14.5 Å². The SMILES string of the molecule is Cc1nsc(C(=O)N2CCN(CC(=O)OC(C)(C)C)CC2)n1. The number of hydrogen-bond acceptors (Lipinski definition) is 7. The van der Waals surface area contributed by atoms with Gasteiger partial charge in [0.1, 0.15) is 11.4 Å². The Morgan fingerprint density at radius 1 is 1.23 bits per heavy atom. The standard InChI is InChI=1S/C14H22N4O3S/c1-10-15-12(22-16-10)13(20)18-7-5-17(6-8-18)9-11(19)21-14(2,3)4/h5-9H2,1-4H3. The summed E-state index contributed by atoms with van der Waals surface area (Å²) in [5.41, 5.74) is -0.468. The molecule has 2 rings (SSSR count). The molecule has 1 fully saturated rings. The molecule has 0 aliphatic carbocycles. The van der Waals surface area contributed by atoms with Crippen molar-refractivity contribution in [3.05, 3.63) is 10.8 Å². The molecule has 0 unspecified atom stereocenters. The van der Waals surface area contributed by atoms with E-state index in [4.69, 9.17) is 4.74 Å². The number of carbonyl (C=O) groups is 2. The second-order valence-electron chi connectivity index (χ2n) is 6.30. The minimum Gasteiger partial charge on any atom is -0.459 e. The van der Waals surface area contributed by atoms with Crippen molar-refractivity contribution >= 4 is 23.4 Å². The van der Waals surface area contributed by atoms with Gasteiger partial charge in [0.05, 0.1) is 6.54 Å². The highest BCUT2D eigenvalue weighted by Crippen LogP contribution is 2.12. The average Bonchev–Trinajstić information content (AvgIpc) is 2.83. The zero-order valence-corrected chi connectivity index (χ0v) is 14.3. The Labute approximate surface area is 134 Å². The van der Waals surface area contributed by atoms with Crippen LogP contribution in [0.1, 0.15) is 36.4 Å². The normalized spacial score (nSPS) is 16.6. The number of esters is 1. The summed E-state index contributed by atoms with van der Waals surface area (Å²) in [6.45, 7) is 10.1. The van der Waals surface area contributed by atoms with E-state index >= 15 is 0 Å². The Bertz CT molecular complexity index is 545. The van der Waals surface area contributed by atoms with Crippen LogP contribution in [-0.2, 0) is 9.53 Å². The number of rotatable bonds is 3. The first-order chi connectivity index (χ1) is 10.2. The maximum atomic E-state index is 12.3. The molecule has 1 aromatic heterocycles. The van der Waals surface area contributed by atoms with E-state index in [0.717, 1.165) is 11.5 Å². The number of ether oxygens (including phenoxy) is 1. The van der Waals surface area contributed by atoms with Gasteiger partial charge >= 0.3 is 5.97 Å². The van der Waals surface area contributed by atoms with Crippen molar-refractivity contribution in [3.8, 4) is 0 Å². The largest absolute Gasteiger partial charge is 0.459 e. The van der Waals surface area contributed by atoms with Crippen LogP contribution in [0.25, 0.3) is 0 Å². The Morgan fingerprint density at radius 2 is 1.86 bits per heavy atom. The van der Waals surface area contributed by atoms with Crippen LogP contribution in [-0.4, -0.2) is 69.4 Å². The van der Waals surface area contributed by atoms with Gasteiger partial charge < -0.3 is 9.64 Å². The van der Waals surface area contributed by atoms with E-state index in [1.54, 1.807) is 11.8 Å². The van der Waals surface area contributed by atoms with Gasteiger partial charge in [0.2, 0.25) is 5.01 Å². The molecule has 7 nitrogen and oxygen atoms in total. The molecule has 1 aromatic rings. The Morgan fingerprint density at radius 3 is 2.36 bits per heavy atom. The lowest BCUT2D eigenvalue weighted by atomic mass is 10.2. The molecule has 1 aliphatic rings. The molecule has 1 amide bonds. The van der Waals surface area contributed by atoms with Gasteiger partial charge in [-0.1, -0.05) is 0 Å². The summed E-state index contributed by atoms with van der Waals surface area (Å²) in [5.74, 6) is 0.312. The third-order valence-corrected chi connectivity index (χ3v) is 3.94. The Kier molecular flexibility index (Phi) is 5.12. The maximum Gasteiger partial charge on any atom is 0.320 e. The molecule has 22 heavy (non-hydrogen) atoms. The zero-order chi connectivity index (χ0) is 16.3. The molecule has 2 heterocycles. The minimum absolute atomic E-state index is 0.0810. The van der Waals surface area contributed by atoms with Crippen LogP contribution in [0.2, 0.25) is 0 Å². The second-order valence-corrected chi connectivity index (χ2v) is 7.05. The summed E-state index contributed by atoms with van der Waals surface area (Å²) in [6, 6.07) is 0. The summed E-state index contributed by atoms with van der Waals surface area (Å²) >= 11 is 1.13. The van der Waals surface area contributed by atoms with Crippen molar-refractivity contribution in [3.63, 3.8) is 0 Å². The molecule has 0 N–H and O–H groups in total. The van der Waals surface area contributed by atoms with Crippen molar-refractivity contribution in [1.29, 1.82) is 0 Å². The fourth-order valence-corrected chi connectivity index (χ4v) is 2.82. The molecule has 0 spiro atoms. The highest BCUT2D eigenvalue weighted by atomic mass is 32.1. The van der Waals surface area contributed by atoms with Gasteiger partial charge in [-0.2, -0.15) is 4.37 Å². The first kappa shape index (κ1) is 16.8. The lowest BCUT2D eigenvalue weighted by Gasteiger charge is -2.34. The van der Waals surface area contributed by atoms with E-state index in [-0.39, 0.29) is 18.4 Å². The predicted octanol–water partition coefficient (Wildman–Crippen LogP) is 0.946. The van der Waals surface area contributed by atoms with Crippen molar-refractivity contribution in [2.75, 3.05) is 32.7 Å². The van der Waals surface area contributed by atoms with E-state index in [1.807, 2.05) is 25.7 Å². The molecule has 8 heteroatoms. The van der Waals surface area contributed by atoms with Crippen molar-refractivity contribution in [1.82, 2.24) is 19.2 Å².